The highest BCUT2D eigenvalue weighted by molar-refractivity contribution is 6.13. The Hall–Kier alpha value is 0.210. The van der Waals surface area contributed by atoms with Crippen molar-refractivity contribution in [3.05, 3.63) is 0 Å². The van der Waals surface area contributed by atoms with Gasteiger partial charge in [-0.1, -0.05) is 0 Å². The van der Waals surface area contributed by atoms with Crippen molar-refractivity contribution >= 4 is 11.8 Å². The molecule has 52 valence electrons. The van der Waals surface area contributed by atoms with Gasteiger partial charge < -0.3 is 4.74 Å². The number of ether oxygens (including phenoxy) is 1. The molecule has 0 aromatic carbocycles. The van der Waals surface area contributed by atoms with E-state index in [1.807, 2.05) is 0 Å². The lowest BCUT2D eigenvalue weighted by atomic mass is 10.1. The molecule has 0 aromatic heterocycles. The molecule has 1 aliphatic carbocycles. The Balaban J connectivity index is 2.05. The predicted molar refractivity (Wildman–Crippen MR) is 35.3 cm³/mol. The largest absolute Gasteiger partial charge is 0.373 e. The van der Waals surface area contributed by atoms with E-state index in [4.69, 9.17) is 16.5 Å². The molecule has 0 bridgehead atoms. The highest BCUT2D eigenvalue weighted by atomic mass is 35.5. The third kappa shape index (κ3) is 0.775. The van der Waals surface area contributed by atoms with Gasteiger partial charge in [-0.2, -0.15) is 0 Å². The van der Waals surface area contributed by atoms with Gasteiger partial charge in [0.1, 0.15) is 0 Å². The summed E-state index contributed by atoms with van der Waals surface area (Å²) in [4.78, 5) is 2.76. The van der Waals surface area contributed by atoms with E-state index >= 15 is 0 Å². The molecular formula is C6H10ClNO. The molecule has 1 heterocycles. The van der Waals surface area contributed by atoms with Crippen LogP contribution in [0.15, 0.2) is 0 Å². The van der Waals surface area contributed by atoms with Crippen LogP contribution in [0.25, 0.3) is 0 Å². The standard InChI is InChI=1S/C6H10ClNO/c7-8-5-1-4-9-6(5)2-3-6/h5,8H,1-4H2/t5-/m0/s1. The van der Waals surface area contributed by atoms with Gasteiger partial charge in [0, 0.05) is 6.61 Å². The van der Waals surface area contributed by atoms with Crippen molar-refractivity contribution in [2.24, 2.45) is 0 Å². The van der Waals surface area contributed by atoms with E-state index in [0.29, 0.717) is 6.04 Å². The van der Waals surface area contributed by atoms with Crippen molar-refractivity contribution in [3.63, 3.8) is 0 Å². The number of rotatable bonds is 1. The zero-order chi connectivity index (χ0) is 6.32. The highest BCUT2D eigenvalue weighted by Crippen LogP contribution is 2.47. The van der Waals surface area contributed by atoms with Crippen LogP contribution in [0.5, 0.6) is 0 Å². The summed E-state index contributed by atoms with van der Waals surface area (Å²) in [6, 6.07) is 0.416. The van der Waals surface area contributed by atoms with Crippen LogP contribution in [-0.2, 0) is 4.74 Å². The first-order valence-corrected chi connectivity index (χ1v) is 3.75. The van der Waals surface area contributed by atoms with Crippen LogP contribution < -0.4 is 4.84 Å². The fraction of sp³-hybridized carbons (Fsp3) is 1.00. The molecule has 1 aliphatic heterocycles. The average molecular weight is 148 g/mol. The summed E-state index contributed by atoms with van der Waals surface area (Å²) in [6.45, 7) is 0.879. The zero-order valence-electron chi connectivity index (χ0n) is 5.19. The molecule has 2 rings (SSSR count). The van der Waals surface area contributed by atoms with E-state index < -0.39 is 0 Å². The molecule has 2 aliphatic rings. The van der Waals surface area contributed by atoms with Crippen molar-refractivity contribution < 1.29 is 4.74 Å². The van der Waals surface area contributed by atoms with Crippen molar-refractivity contribution in [1.29, 1.82) is 0 Å². The van der Waals surface area contributed by atoms with Crippen LogP contribution in [0.2, 0.25) is 0 Å². The number of halogens is 1. The molecule has 3 heteroatoms. The summed E-state index contributed by atoms with van der Waals surface area (Å²) in [7, 11) is 0. The Morgan fingerprint density at radius 3 is 2.78 bits per heavy atom. The van der Waals surface area contributed by atoms with Crippen LogP contribution in [0, 0.1) is 0 Å². The van der Waals surface area contributed by atoms with Crippen LogP contribution in [0.4, 0.5) is 0 Å². The molecule has 0 amide bonds. The molecule has 2 fully saturated rings. The molecule has 1 N–H and O–H groups in total. The maximum atomic E-state index is 5.51. The van der Waals surface area contributed by atoms with Crippen LogP contribution in [0.1, 0.15) is 19.3 Å². The summed E-state index contributed by atoms with van der Waals surface area (Å²) < 4.78 is 5.51. The Morgan fingerprint density at radius 2 is 2.33 bits per heavy atom. The SMILES string of the molecule is ClN[C@H]1CCOC12CC2. The highest BCUT2D eigenvalue weighted by Gasteiger charge is 2.53. The lowest BCUT2D eigenvalue weighted by molar-refractivity contribution is 0.0811. The van der Waals surface area contributed by atoms with Crippen molar-refractivity contribution in [3.8, 4) is 0 Å². The zero-order valence-corrected chi connectivity index (χ0v) is 5.95. The third-order valence-electron chi connectivity index (χ3n) is 2.31. The normalized spacial score (nSPS) is 37.7. The van der Waals surface area contributed by atoms with Gasteiger partial charge in [0.25, 0.3) is 0 Å². The topological polar surface area (TPSA) is 21.3 Å². The lowest BCUT2D eigenvalue weighted by Gasteiger charge is -2.13. The van der Waals surface area contributed by atoms with Gasteiger partial charge in [-0.25, -0.2) is 4.84 Å². The minimum absolute atomic E-state index is 0.168. The number of hydrogen-bond acceptors (Lipinski definition) is 2. The molecule has 9 heavy (non-hydrogen) atoms. The monoisotopic (exact) mass is 147 g/mol. The van der Waals surface area contributed by atoms with E-state index in [1.165, 1.54) is 12.8 Å². The summed E-state index contributed by atoms with van der Waals surface area (Å²) in [5, 5.41) is 0. The van der Waals surface area contributed by atoms with E-state index in [-0.39, 0.29) is 5.60 Å². The van der Waals surface area contributed by atoms with Crippen molar-refractivity contribution in [1.82, 2.24) is 4.84 Å². The Kier molecular flexibility index (Phi) is 1.22. The first-order valence-electron chi connectivity index (χ1n) is 3.37. The second-order valence-corrected chi connectivity index (χ2v) is 3.08. The fourth-order valence-corrected chi connectivity index (χ4v) is 1.82. The summed E-state index contributed by atoms with van der Waals surface area (Å²) >= 11 is 5.50. The molecule has 1 saturated heterocycles. The molecule has 1 atom stereocenters. The van der Waals surface area contributed by atoms with Crippen molar-refractivity contribution in [2.75, 3.05) is 6.61 Å². The Labute approximate surface area is 59.6 Å². The maximum Gasteiger partial charge on any atom is 0.0850 e. The van der Waals surface area contributed by atoms with E-state index in [0.717, 1.165) is 13.0 Å². The van der Waals surface area contributed by atoms with Crippen LogP contribution in [-0.4, -0.2) is 18.2 Å². The smallest absolute Gasteiger partial charge is 0.0850 e. The number of nitrogens with one attached hydrogen (secondary N) is 1. The van der Waals surface area contributed by atoms with Gasteiger partial charge >= 0.3 is 0 Å². The lowest BCUT2D eigenvalue weighted by Crippen LogP contribution is -2.31. The molecule has 1 saturated carbocycles. The molecule has 1 spiro atoms. The van der Waals surface area contributed by atoms with Crippen LogP contribution in [0.3, 0.4) is 0 Å². The second kappa shape index (κ2) is 1.84. The Bertz CT molecular complexity index is 124. The minimum Gasteiger partial charge on any atom is -0.373 e. The van der Waals surface area contributed by atoms with Gasteiger partial charge in [-0.15, -0.1) is 0 Å². The third-order valence-corrected chi connectivity index (χ3v) is 2.57. The summed E-state index contributed by atoms with van der Waals surface area (Å²) in [6.07, 6.45) is 3.46. The Morgan fingerprint density at radius 1 is 1.56 bits per heavy atom. The van der Waals surface area contributed by atoms with Crippen LogP contribution >= 0.6 is 11.8 Å². The summed E-state index contributed by atoms with van der Waals surface area (Å²) in [5.74, 6) is 0. The molecular weight excluding hydrogens is 138 g/mol. The first-order chi connectivity index (χ1) is 4.37. The fourth-order valence-electron chi connectivity index (χ4n) is 1.51. The first kappa shape index (κ1) is 5.96. The average Bonchev–Trinajstić information content (AvgIpc) is 2.45. The molecule has 0 aromatic rings. The van der Waals surface area contributed by atoms with Gasteiger partial charge in [0.15, 0.2) is 0 Å². The van der Waals surface area contributed by atoms with E-state index in [2.05, 4.69) is 4.84 Å². The van der Waals surface area contributed by atoms with Gasteiger partial charge in [-0.3, -0.25) is 0 Å². The minimum atomic E-state index is 0.168. The van der Waals surface area contributed by atoms with E-state index in [9.17, 15) is 0 Å². The van der Waals surface area contributed by atoms with Gasteiger partial charge in [-0.05, 0) is 31.0 Å². The van der Waals surface area contributed by atoms with Crippen molar-refractivity contribution in [2.45, 2.75) is 30.9 Å². The maximum absolute atomic E-state index is 5.51. The number of hydrogen-bond donors (Lipinski definition) is 1. The summed E-state index contributed by atoms with van der Waals surface area (Å²) in [5.41, 5.74) is 0.168. The van der Waals surface area contributed by atoms with E-state index in [1.54, 1.807) is 0 Å². The van der Waals surface area contributed by atoms with Gasteiger partial charge in [0.2, 0.25) is 0 Å². The molecule has 2 nitrogen and oxygen atoms in total. The second-order valence-electron chi connectivity index (χ2n) is 2.86. The quantitative estimate of drug-likeness (QED) is 0.560. The molecule has 0 radical (unpaired) electrons. The van der Waals surface area contributed by atoms with Gasteiger partial charge in [0.05, 0.1) is 11.6 Å². The predicted octanol–water partition coefficient (Wildman–Crippen LogP) is 1.05. The molecule has 0 unspecified atom stereocenters.